The highest BCUT2D eigenvalue weighted by molar-refractivity contribution is 5.96. The lowest BCUT2D eigenvalue weighted by atomic mass is 9.92. The molecule has 0 radical (unpaired) electrons. The number of rotatable bonds is 6. The molecule has 0 saturated heterocycles. The molecule has 10 rings (SSSR count). The van der Waals surface area contributed by atoms with E-state index in [1.54, 1.807) is 0 Å². The van der Waals surface area contributed by atoms with Crippen molar-refractivity contribution in [1.29, 1.82) is 0 Å². The minimum atomic E-state index is 0.700. The monoisotopic (exact) mass is 689 g/mol. The van der Waals surface area contributed by atoms with E-state index in [0.29, 0.717) is 5.82 Å². The van der Waals surface area contributed by atoms with Crippen molar-refractivity contribution in [2.45, 2.75) is 12.8 Å². The van der Waals surface area contributed by atoms with Crippen molar-refractivity contribution in [2.24, 2.45) is 0 Å². The average Bonchev–Trinajstić information content (AvgIpc) is 3.26. The third kappa shape index (κ3) is 5.96. The van der Waals surface area contributed by atoms with Gasteiger partial charge in [0.05, 0.1) is 11.4 Å². The highest BCUT2D eigenvalue weighted by Gasteiger charge is 2.14. The molecule has 7 aromatic carbocycles. The predicted molar refractivity (Wildman–Crippen MR) is 224 cm³/mol. The normalized spacial score (nSPS) is 12.4. The Hall–Kier alpha value is -6.97. The second kappa shape index (κ2) is 13.5. The zero-order chi connectivity index (χ0) is 35.8. The molecule has 254 valence electrons. The van der Waals surface area contributed by atoms with Gasteiger partial charge in [0.2, 0.25) is 0 Å². The molecule has 0 unspecified atom stereocenters. The Morgan fingerprint density at radius 3 is 1.94 bits per heavy atom. The fraction of sp³-hybridized carbons (Fsp3) is 0.0392. The van der Waals surface area contributed by atoms with Gasteiger partial charge in [0.15, 0.2) is 5.82 Å². The van der Waals surface area contributed by atoms with Gasteiger partial charge in [0, 0.05) is 40.0 Å². The molecular weight excluding hydrogens is 655 g/mol. The first-order valence-corrected chi connectivity index (χ1v) is 18.6. The molecule has 0 amide bonds. The number of aromatic nitrogens is 3. The van der Waals surface area contributed by atoms with Crippen molar-refractivity contribution in [3.8, 4) is 56.2 Å². The average molecular weight is 690 g/mol. The molecule has 0 saturated carbocycles. The first kappa shape index (κ1) is 31.7. The van der Waals surface area contributed by atoms with E-state index >= 15 is 0 Å². The van der Waals surface area contributed by atoms with E-state index in [1.165, 1.54) is 43.3 Å². The van der Waals surface area contributed by atoms with Crippen LogP contribution in [0.25, 0.3) is 89.4 Å². The lowest BCUT2D eigenvalue weighted by molar-refractivity contribution is 1.08. The van der Waals surface area contributed by atoms with Crippen molar-refractivity contribution in [2.75, 3.05) is 0 Å². The Bertz CT molecular complexity index is 2970. The first-order valence-electron chi connectivity index (χ1n) is 18.6. The maximum Gasteiger partial charge on any atom is 0.160 e. The van der Waals surface area contributed by atoms with Gasteiger partial charge in [-0.15, -0.1) is 0 Å². The third-order valence-electron chi connectivity index (χ3n) is 10.7. The summed E-state index contributed by atoms with van der Waals surface area (Å²) in [5.41, 5.74) is 12.1. The van der Waals surface area contributed by atoms with Gasteiger partial charge in [-0.3, -0.25) is 4.98 Å². The molecule has 0 aliphatic heterocycles. The smallest absolute Gasteiger partial charge is 0.160 e. The highest BCUT2D eigenvalue weighted by atomic mass is 14.9. The zero-order valence-corrected chi connectivity index (χ0v) is 29.7. The predicted octanol–water partition coefficient (Wildman–Crippen LogP) is 11.3. The topological polar surface area (TPSA) is 38.7 Å². The molecule has 0 bridgehead atoms. The molecule has 3 nitrogen and oxygen atoms in total. The molecule has 0 spiro atoms. The Morgan fingerprint density at radius 2 is 1.07 bits per heavy atom. The summed E-state index contributed by atoms with van der Waals surface area (Å²) in [6.45, 7) is 0. The quantitative estimate of drug-likeness (QED) is 0.174. The van der Waals surface area contributed by atoms with Crippen molar-refractivity contribution in [1.82, 2.24) is 15.0 Å². The Morgan fingerprint density at radius 1 is 0.407 bits per heavy atom. The molecule has 2 aromatic heterocycles. The van der Waals surface area contributed by atoms with Crippen LogP contribution < -0.4 is 10.4 Å². The van der Waals surface area contributed by atoms with Crippen LogP contribution in [-0.4, -0.2) is 15.0 Å². The molecule has 3 heteroatoms. The Balaban J connectivity index is 1.07. The van der Waals surface area contributed by atoms with Gasteiger partial charge in [-0.05, 0) is 85.5 Å². The largest absolute Gasteiger partial charge is 0.263 e. The lowest BCUT2D eigenvalue weighted by Crippen LogP contribution is -2.29. The zero-order valence-electron chi connectivity index (χ0n) is 29.7. The third-order valence-corrected chi connectivity index (χ3v) is 10.7. The first-order chi connectivity index (χ1) is 26.7. The molecule has 2 heterocycles. The van der Waals surface area contributed by atoms with E-state index in [9.17, 15) is 0 Å². The second-order valence-electron chi connectivity index (χ2n) is 14.0. The summed E-state index contributed by atoms with van der Waals surface area (Å²) in [6, 6.07) is 60.6. The second-order valence-corrected chi connectivity index (χ2v) is 14.0. The van der Waals surface area contributed by atoms with Crippen molar-refractivity contribution >= 4 is 33.2 Å². The van der Waals surface area contributed by atoms with Crippen molar-refractivity contribution < 1.29 is 0 Å². The van der Waals surface area contributed by atoms with Gasteiger partial charge in [0.25, 0.3) is 0 Å². The summed E-state index contributed by atoms with van der Waals surface area (Å²) in [4.78, 5) is 15.0. The summed E-state index contributed by atoms with van der Waals surface area (Å²) in [7, 11) is 0. The highest BCUT2D eigenvalue weighted by Crippen LogP contribution is 2.33. The fourth-order valence-corrected chi connectivity index (χ4v) is 7.84. The maximum absolute atomic E-state index is 5.24. The van der Waals surface area contributed by atoms with Crippen LogP contribution >= 0.6 is 0 Å². The molecule has 54 heavy (non-hydrogen) atoms. The Kier molecular flexibility index (Phi) is 7.96. The van der Waals surface area contributed by atoms with Crippen LogP contribution in [0.4, 0.5) is 0 Å². The van der Waals surface area contributed by atoms with Gasteiger partial charge >= 0.3 is 0 Å². The summed E-state index contributed by atoms with van der Waals surface area (Å²) in [6.07, 6.45) is 8.28. The SMILES string of the molecule is C1=c2ccccc2=C(c2cccc(-c3cc(-c4ccc(-c5cncc6ccccc56)cc4)nc(-c4ccc(-c5ccc6ccccc6c5)cc4)n3)c2)CC1. The molecule has 9 aromatic rings. The number of benzene rings is 7. The summed E-state index contributed by atoms with van der Waals surface area (Å²) < 4.78 is 0. The fourth-order valence-electron chi connectivity index (χ4n) is 7.84. The van der Waals surface area contributed by atoms with E-state index in [2.05, 4.69) is 181 Å². The number of nitrogens with zero attached hydrogens (tertiary/aromatic N) is 3. The number of hydrogen-bond donors (Lipinski definition) is 0. The number of fused-ring (bicyclic) bond motifs is 3. The molecule has 0 N–H and O–H groups in total. The van der Waals surface area contributed by atoms with Gasteiger partial charge in [-0.25, -0.2) is 9.97 Å². The van der Waals surface area contributed by atoms with Crippen LogP contribution in [0.5, 0.6) is 0 Å². The van der Waals surface area contributed by atoms with Crippen LogP contribution in [0.15, 0.2) is 182 Å². The van der Waals surface area contributed by atoms with Crippen LogP contribution in [0.1, 0.15) is 18.4 Å². The summed E-state index contributed by atoms with van der Waals surface area (Å²) in [5, 5.41) is 7.42. The molecular formula is C51H35N3. The van der Waals surface area contributed by atoms with Gasteiger partial charge < -0.3 is 0 Å². The molecule has 0 atom stereocenters. The standard InChI is InChI=1S/C51H35N3/c1-2-11-40-29-41(28-21-34(40)9-1)35-19-26-39(27-20-35)51-53-49(38-24-22-37(23-25-38)48-33-52-32-44-12-4-6-17-47(44)48)31-50(54-51)43-15-7-14-42(30-43)46-18-8-13-36-10-3-5-16-45(36)46/h1-7,9-17,19-33H,8,18H2. The molecule has 1 aliphatic carbocycles. The van der Waals surface area contributed by atoms with Gasteiger partial charge in [0.1, 0.15) is 0 Å². The number of pyridine rings is 1. The van der Waals surface area contributed by atoms with E-state index in [-0.39, 0.29) is 0 Å². The van der Waals surface area contributed by atoms with Crippen LogP contribution in [0.3, 0.4) is 0 Å². The molecule has 1 aliphatic rings. The van der Waals surface area contributed by atoms with E-state index < -0.39 is 0 Å². The number of hydrogen-bond acceptors (Lipinski definition) is 3. The summed E-state index contributed by atoms with van der Waals surface area (Å²) in [5.74, 6) is 0.700. The maximum atomic E-state index is 5.24. The van der Waals surface area contributed by atoms with Gasteiger partial charge in [-0.2, -0.15) is 0 Å². The van der Waals surface area contributed by atoms with E-state index in [1.807, 2.05) is 12.4 Å². The van der Waals surface area contributed by atoms with Crippen molar-refractivity contribution in [3.05, 3.63) is 198 Å². The minimum Gasteiger partial charge on any atom is -0.263 e. The van der Waals surface area contributed by atoms with Crippen LogP contribution in [0.2, 0.25) is 0 Å². The minimum absolute atomic E-state index is 0.700. The molecule has 0 fully saturated rings. The van der Waals surface area contributed by atoms with E-state index in [0.717, 1.165) is 63.0 Å². The lowest BCUT2D eigenvalue weighted by Gasteiger charge is -2.14. The van der Waals surface area contributed by atoms with Crippen LogP contribution in [0, 0.1) is 0 Å². The van der Waals surface area contributed by atoms with Crippen molar-refractivity contribution in [3.63, 3.8) is 0 Å². The van der Waals surface area contributed by atoms with Crippen LogP contribution in [-0.2, 0) is 0 Å². The van der Waals surface area contributed by atoms with Gasteiger partial charge in [-0.1, -0.05) is 158 Å². The summed E-state index contributed by atoms with van der Waals surface area (Å²) >= 11 is 0. The Labute approximate surface area is 314 Å². The van der Waals surface area contributed by atoms with E-state index in [4.69, 9.17) is 9.97 Å².